The lowest BCUT2D eigenvalue weighted by Gasteiger charge is -2.35. The first-order valence-corrected chi connectivity index (χ1v) is 8.78. The van der Waals surface area contributed by atoms with Crippen LogP contribution < -0.4 is 4.90 Å². The van der Waals surface area contributed by atoms with E-state index in [1.165, 1.54) is 0 Å². The number of aryl methyl sites for hydroxylation is 1. The molecule has 7 heteroatoms. The summed E-state index contributed by atoms with van der Waals surface area (Å²) in [4.78, 5) is 17.9. The van der Waals surface area contributed by atoms with Gasteiger partial charge in [-0.3, -0.25) is 4.90 Å². The highest BCUT2D eigenvalue weighted by Crippen LogP contribution is 2.23. The molecule has 0 amide bonds. The van der Waals surface area contributed by atoms with Gasteiger partial charge in [0.2, 0.25) is 5.89 Å². The number of hydrogen-bond acceptors (Lipinski definition) is 6. The summed E-state index contributed by atoms with van der Waals surface area (Å²) in [6, 6.07) is 5.54. The van der Waals surface area contributed by atoms with Gasteiger partial charge in [0.1, 0.15) is 17.7 Å². The van der Waals surface area contributed by atoms with E-state index in [2.05, 4.69) is 31.7 Å². The summed E-state index contributed by atoms with van der Waals surface area (Å²) < 4.78 is 5.83. The van der Waals surface area contributed by atoms with Crippen molar-refractivity contribution in [2.45, 2.75) is 20.4 Å². The second-order valence-electron chi connectivity index (χ2n) is 6.39. The standard InChI is InChI=1S/C18H20ClN5O/c1-12-13(2)20-11-21-18(12)24-7-5-23(6-8-24)10-17-22-15-4-3-14(19)9-16(15)25-17/h3-4,9,11H,5-8,10H2,1-2H3. The SMILES string of the molecule is Cc1ncnc(N2CCN(Cc3nc4ccc(Cl)cc4o3)CC2)c1C. The van der Waals surface area contributed by atoms with Gasteiger partial charge in [-0.05, 0) is 26.0 Å². The maximum atomic E-state index is 6.00. The van der Waals surface area contributed by atoms with Crippen LogP contribution in [0.5, 0.6) is 0 Å². The third-order valence-corrected chi connectivity index (χ3v) is 4.97. The highest BCUT2D eigenvalue weighted by Gasteiger charge is 2.21. The fraction of sp³-hybridized carbons (Fsp3) is 0.389. The minimum absolute atomic E-state index is 0.666. The van der Waals surface area contributed by atoms with E-state index < -0.39 is 0 Å². The summed E-state index contributed by atoms with van der Waals surface area (Å²) in [6.45, 7) is 8.58. The van der Waals surface area contributed by atoms with Gasteiger partial charge >= 0.3 is 0 Å². The molecule has 3 aromatic rings. The molecule has 1 aromatic carbocycles. The van der Waals surface area contributed by atoms with Gasteiger partial charge in [0.15, 0.2) is 5.58 Å². The van der Waals surface area contributed by atoms with Crippen molar-refractivity contribution < 1.29 is 4.42 Å². The molecule has 0 radical (unpaired) electrons. The molecule has 0 aliphatic carbocycles. The Morgan fingerprint density at radius 2 is 1.92 bits per heavy atom. The van der Waals surface area contributed by atoms with Crippen LogP contribution in [0.3, 0.4) is 0 Å². The van der Waals surface area contributed by atoms with E-state index in [0.717, 1.165) is 60.2 Å². The monoisotopic (exact) mass is 357 g/mol. The second kappa shape index (κ2) is 6.61. The van der Waals surface area contributed by atoms with E-state index >= 15 is 0 Å². The van der Waals surface area contributed by atoms with E-state index in [0.29, 0.717) is 11.6 Å². The first-order valence-electron chi connectivity index (χ1n) is 8.40. The molecule has 3 heterocycles. The maximum Gasteiger partial charge on any atom is 0.209 e. The Morgan fingerprint density at radius 3 is 2.72 bits per heavy atom. The van der Waals surface area contributed by atoms with Gasteiger partial charge in [0.05, 0.1) is 6.54 Å². The first-order chi connectivity index (χ1) is 12.1. The van der Waals surface area contributed by atoms with Crippen molar-refractivity contribution in [3.05, 3.63) is 46.7 Å². The average molecular weight is 358 g/mol. The minimum Gasteiger partial charge on any atom is -0.439 e. The molecule has 6 nitrogen and oxygen atoms in total. The second-order valence-corrected chi connectivity index (χ2v) is 6.83. The molecule has 1 saturated heterocycles. The van der Waals surface area contributed by atoms with Gasteiger partial charge < -0.3 is 9.32 Å². The molecule has 0 saturated carbocycles. The summed E-state index contributed by atoms with van der Waals surface area (Å²) in [5, 5.41) is 0.666. The smallest absolute Gasteiger partial charge is 0.209 e. The fourth-order valence-electron chi connectivity index (χ4n) is 3.17. The summed E-state index contributed by atoms with van der Waals surface area (Å²) >= 11 is 6.00. The van der Waals surface area contributed by atoms with Gasteiger partial charge in [-0.25, -0.2) is 15.0 Å². The molecule has 1 fully saturated rings. The fourth-order valence-corrected chi connectivity index (χ4v) is 3.33. The number of hydrogen-bond donors (Lipinski definition) is 0. The summed E-state index contributed by atoms with van der Waals surface area (Å²) in [7, 11) is 0. The largest absolute Gasteiger partial charge is 0.439 e. The van der Waals surface area contributed by atoms with Crippen LogP contribution >= 0.6 is 11.6 Å². The van der Waals surface area contributed by atoms with Crippen molar-refractivity contribution in [2.75, 3.05) is 31.1 Å². The zero-order chi connectivity index (χ0) is 17.4. The molecule has 1 aliphatic heterocycles. The van der Waals surface area contributed by atoms with Crippen LogP contribution in [-0.4, -0.2) is 46.0 Å². The molecule has 0 N–H and O–H groups in total. The predicted molar refractivity (Wildman–Crippen MR) is 98.0 cm³/mol. The molecule has 0 unspecified atom stereocenters. The van der Waals surface area contributed by atoms with Crippen LogP contribution in [-0.2, 0) is 6.54 Å². The van der Waals surface area contributed by atoms with E-state index in [1.54, 1.807) is 6.33 Å². The Balaban J connectivity index is 1.42. The van der Waals surface area contributed by atoms with Crippen LogP contribution in [0.25, 0.3) is 11.1 Å². The number of piperazine rings is 1. The number of aromatic nitrogens is 3. The Kier molecular flexibility index (Phi) is 4.31. The van der Waals surface area contributed by atoms with E-state index in [1.807, 2.05) is 25.1 Å². The van der Waals surface area contributed by atoms with Crippen LogP contribution in [0, 0.1) is 13.8 Å². The Morgan fingerprint density at radius 1 is 1.12 bits per heavy atom. The van der Waals surface area contributed by atoms with E-state index in [9.17, 15) is 0 Å². The van der Waals surface area contributed by atoms with Crippen molar-refractivity contribution >= 4 is 28.5 Å². The van der Waals surface area contributed by atoms with Gasteiger partial charge in [-0.15, -0.1) is 0 Å². The molecule has 2 aromatic heterocycles. The Hall–Kier alpha value is -2.18. The van der Waals surface area contributed by atoms with Gasteiger partial charge in [-0.2, -0.15) is 0 Å². The van der Waals surface area contributed by atoms with Gasteiger partial charge in [0.25, 0.3) is 0 Å². The quantitative estimate of drug-likeness (QED) is 0.717. The molecular formula is C18H20ClN5O. The molecule has 0 atom stereocenters. The zero-order valence-electron chi connectivity index (χ0n) is 14.4. The number of oxazole rings is 1. The Labute approximate surface area is 151 Å². The third-order valence-electron chi connectivity index (χ3n) is 4.73. The molecule has 1 aliphatic rings. The average Bonchev–Trinajstić information content (AvgIpc) is 2.99. The van der Waals surface area contributed by atoms with E-state index in [-0.39, 0.29) is 0 Å². The lowest BCUT2D eigenvalue weighted by atomic mass is 10.2. The number of rotatable bonds is 3. The van der Waals surface area contributed by atoms with Crippen LogP contribution in [0.15, 0.2) is 28.9 Å². The topological polar surface area (TPSA) is 58.3 Å². The number of halogens is 1. The maximum absolute atomic E-state index is 6.00. The van der Waals surface area contributed by atoms with Crippen LogP contribution in [0.2, 0.25) is 5.02 Å². The van der Waals surface area contributed by atoms with Crippen molar-refractivity contribution in [3.63, 3.8) is 0 Å². The molecular weight excluding hydrogens is 338 g/mol. The first kappa shape index (κ1) is 16.3. The zero-order valence-corrected chi connectivity index (χ0v) is 15.1. The van der Waals surface area contributed by atoms with Crippen LogP contribution in [0.1, 0.15) is 17.1 Å². The summed E-state index contributed by atoms with van der Waals surface area (Å²) in [6.07, 6.45) is 1.65. The number of fused-ring (bicyclic) bond motifs is 1. The normalized spacial score (nSPS) is 15.9. The predicted octanol–water partition coefficient (Wildman–Crippen LogP) is 3.21. The van der Waals surface area contributed by atoms with Gasteiger partial charge in [-0.1, -0.05) is 11.6 Å². The van der Waals surface area contributed by atoms with Crippen molar-refractivity contribution in [1.29, 1.82) is 0 Å². The number of anilines is 1. The molecule has 130 valence electrons. The summed E-state index contributed by atoms with van der Waals surface area (Å²) in [5.74, 6) is 1.78. The summed E-state index contributed by atoms with van der Waals surface area (Å²) in [5.41, 5.74) is 3.79. The minimum atomic E-state index is 0.666. The highest BCUT2D eigenvalue weighted by atomic mass is 35.5. The Bertz CT molecular complexity index is 902. The molecule has 0 spiro atoms. The van der Waals surface area contributed by atoms with E-state index in [4.69, 9.17) is 16.0 Å². The number of benzene rings is 1. The van der Waals surface area contributed by atoms with Crippen molar-refractivity contribution in [3.8, 4) is 0 Å². The lowest BCUT2D eigenvalue weighted by molar-refractivity contribution is 0.228. The van der Waals surface area contributed by atoms with Crippen molar-refractivity contribution in [1.82, 2.24) is 19.9 Å². The number of nitrogens with zero attached hydrogens (tertiary/aromatic N) is 5. The van der Waals surface area contributed by atoms with Crippen LogP contribution in [0.4, 0.5) is 5.82 Å². The lowest BCUT2D eigenvalue weighted by Crippen LogP contribution is -2.46. The molecule has 4 rings (SSSR count). The molecule has 25 heavy (non-hydrogen) atoms. The highest BCUT2D eigenvalue weighted by molar-refractivity contribution is 6.31. The van der Waals surface area contributed by atoms with Gasteiger partial charge in [0, 0.05) is 48.5 Å². The third kappa shape index (κ3) is 3.32. The molecule has 0 bridgehead atoms. The van der Waals surface area contributed by atoms with Crippen molar-refractivity contribution in [2.24, 2.45) is 0 Å².